The number of pyridine rings is 1. The van der Waals surface area contributed by atoms with Crippen molar-refractivity contribution in [1.29, 1.82) is 0 Å². The van der Waals surface area contributed by atoms with E-state index >= 15 is 0 Å². The van der Waals surface area contributed by atoms with Crippen LogP contribution >= 0.6 is 0 Å². The smallest absolute Gasteiger partial charge is 0.340 e. The number of nitrogens with zero attached hydrogens (tertiary/aromatic N) is 3. The Morgan fingerprint density at radius 1 is 1.33 bits per heavy atom. The number of carbonyl (C=O) groups is 1. The van der Waals surface area contributed by atoms with Gasteiger partial charge in [0, 0.05) is 17.3 Å². The van der Waals surface area contributed by atoms with Crippen molar-refractivity contribution in [3.63, 3.8) is 0 Å². The summed E-state index contributed by atoms with van der Waals surface area (Å²) < 4.78 is 10.5. The summed E-state index contributed by atoms with van der Waals surface area (Å²) in [4.78, 5) is 20.3. The molecule has 0 aliphatic rings. The molecule has 0 aliphatic heterocycles. The van der Waals surface area contributed by atoms with Gasteiger partial charge in [-0.25, -0.2) is 4.79 Å². The van der Waals surface area contributed by atoms with Crippen molar-refractivity contribution in [2.75, 3.05) is 0 Å². The Morgan fingerprint density at radius 2 is 2.05 bits per heavy atom. The number of aromatic nitrogens is 3. The molecule has 0 saturated heterocycles. The third kappa shape index (κ3) is 3.65. The van der Waals surface area contributed by atoms with Crippen LogP contribution in [-0.2, 0) is 10.2 Å². The first-order valence-corrected chi connectivity index (χ1v) is 6.75. The zero-order chi connectivity index (χ0) is 15.6. The zero-order valence-electron chi connectivity index (χ0n) is 12.9. The number of esters is 1. The van der Waals surface area contributed by atoms with Gasteiger partial charge in [0.05, 0.1) is 5.56 Å². The molecule has 6 nitrogen and oxygen atoms in total. The average molecular weight is 289 g/mol. The third-order valence-electron chi connectivity index (χ3n) is 2.89. The number of aryl methyl sites for hydroxylation is 1. The molecule has 0 N–H and O–H groups in total. The first-order chi connectivity index (χ1) is 9.77. The molecule has 2 rings (SSSR count). The van der Waals surface area contributed by atoms with Crippen molar-refractivity contribution >= 4 is 5.97 Å². The fourth-order valence-corrected chi connectivity index (χ4v) is 1.57. The van der Waals surface area contributed by atoms with Crippen LogP contribution in [0.2, 0.25) is 0 Å². The fraction of sp³-hybridized carbons (Fsp3) is 0.467. The Balaban J connectivity index is 2.07. The van der Waals surface area contributed by atoms with Crippen LogP contribution in [0.5, 0.6) is 0 Å². The van der Waals surface area contributed by atoms with E-state index in [2.05, 4.69) is 15.1 Å². The SMILES string of the molecule is Cc1ccc(C(=O)O[C@H](C)c2nc(C(C)(C)C)no2)cn1. The summed E-state index contributed by atoms with van der Waals surface area (Å²) in [6.07, 6.45) is 0.876. The van der Waals surface area contributed by atoms with Crippen LogP contribution in [-0.4, -0.2) is 21.1 Å². The van der Waals surface area contributed by atoms with Gasteiger partial charge in [-0.05, 0) is 26.0 Å². The van der Waals surface area contributed by atoms with Crippen molar-refractivity contribution in [3.8, 4) is 0 Å². The lowest BCUT2D eigenvalue weighted by Crippen LogP contribution is -2.14. The highest BCUT2D eigenvalue weighted by Gasteiger charge is 2.25. The van der Waals surface area contributed by atoms with Gasteiger partial charge in [0.25, 0.3) is 5.89 Å². The Morgan fingerprint density at radius 3 is 2.57 bits per heavy atom. The molecule has 0 bridgehead atoms. The molecule has 0 fully saturated rings. The van der Waals surface area contributed by atoms with Gasteiger partial charge < -0.3 is 9.26 Å². The molecule has 2 heterocycles. The summed E-state index contributed by atoms with van der Waals surface area (Å²) in [5, 5.41) is 3.91. The van der Waals surface area contributed by atoms with Crippen LogP contribution in [0.1, 0.15) is 61.6 Å². The molecule has 1 atom stereocenters. The van der Waals surface area contributed by atoms with E-state index in [0.29, 0.717) is 11.4 Å². The summed E-state index contributed by atoms with van der Waals surface area (Å²) in [6, 6.07) is 3.43. The largest absolute Gasteiger partial charge is 0.449 e. The Bertz CT molecular complexity index is 626. The minimum atomic E-state index is -0.609. The molecule has 2 aromatic heterocycles. The van der Waals surface area contributed by atoms with Gasteiger partial charge in [-0.1, -0.05) is 25.9 Å². The van der Waals surface area contributed by atoms with Crippen molar-refractivity contribution in [3.05, 3.63) is 41.3 Å². The van der Waals surface area contributed by atoms with E-state index in [1.807, 2.05) is 27.7 Å². The second kappa shape index (κ2) is 5.63. The molecule has 0 saturated carbocycles. The molecule has 21 heavy (non-hydrogen) atoms. The van der Waals surface area contributed by atoms with Crippen LogP contribution in [0.25, 0.3) is 0 Å². The van der Waals surface area contributed by atoms with Crippen LogP contribution in [0.4, 0.5) is 0 Å². The molecule has 0 aromatic carbocycles. The van der Waals surface area contributed by atoms with Crippen molar-refractivity contribution in [2.45, 2.75) is 46.1 Å². The highest BCUT2D eigenvalue weighted by Crippen LogP contribution is 2.22. The number of hydrogen-bond acceptors (Lipinski definition) is 6. The normalized spacial score (nSPS) is 13.0. The van der Waals surface area contributed by atoms with Gasteiger partial charge in [-0.3, -0.25) is 4.98 Å². The predicted octanol–water partition coefficient (Wildman–Crippen LogP) is 2.99. The number of hydrogen-bond donors (Lipinski definition) is 0. The molecule has 112 valence electrons. The van der Waals surface area contributed by atoms with E-state index in [1.165, 1.54) is 6.20 Å². The van der Waals surface area contributed by atoms with E-state index in [4.69, 9.17) is 9.26 Å². The fourth-order valence-electron chi connectivity index (χ4n) is 1.57. The van der Waals surface area contributed by atoms with Crippen LogP contribution in [0, 0.1) is 6.92 Å². The van der Waals surface area contributed by atoms with E-state index in [1.54, 1.807) is 19.1 Å². The maximum atomic E-state index is 12.0. The van der Waals surface area contributed by atoms with Crippen molar-refractivity contribution in [2.24, 2.45) is 0 Å². The molecule has 0 radical (unpaired) electrons. The van der Waals surface area contributed by atoms with E-state index < -0.39 is 12.1 Å². The predicted molar refractivity (Wildman–Crippen MR) is 75.8 cm³/mol. The van der Waals surface area contributed by atoms with Crippen LogP contribution < -0.4 is 0 Å². The zero-order valence-corrected chi connectivity index (χ0v) is 12.9. The first-order valence-electron chi connectivity index (χ1n) is 6.75. The van der Waals surface area contributed by atoms with Crippen molar-refractivity contribution in [1.82, 2.24) is 15.1 Å². The molecule has 0 spiro atoms. The molecular formula is C15H19N3O3. The second-order valence-corrected chi connectivity index (χ2v) is 5.94. The van der Waals surface area contributed by atoms with Crippen LogP contribution in [0.3, 0.4) is 0 Å². The van der Waals surface area contributed by atoms with Gasteiger partial charge in [-0.15, -0.1) is 0 Å². The lowest BCUT2D eigenvalue weighted by Gasteiger charge is -2.11. The van der Waals surface area contributed by atoms with Gasteiger partial charge in [-0.2, -0.15) is 4.98 Å². The van der Waals surface area contributed by atoms with Crippen LogP contribution in [0.15, 0.2) is 22.9 Å². The van der Waals surface area contributed by atoms with Gasteiger partial charge in [0.15, 0.2) is 11.9 Å². The summed E-state index contributed by atoms with van der Waals surface area (Å²) in [5.41, 5.74) is 1.01. The molecule has 0 aliphatic carbocycles. The summed E-state index contributed by atoms with van der Waals surface area (Å²) >= 11 is 0. The highest BCUT2D eigenvalue weighted by molar-refractivity contribution is 5.89. The monoisotopic (exact) mass is 289 g/mol. The Kier molecular flexibility index (Phi) is 4.06. The maximum absolute atomic E-state index is 12.0. The third-order valence-corrected chi connectivity index (χ3v) is 2.89. The molecule has 6 heteroatoms. The molecule has 0 amide bonds. The quantitative estimate of drug-likeness (QED) is 0.808. The Hall–Kier alpha value is -2.24. The van der Waals surface area contributed by atoms with Gasteiger partial charge in [0.2, 0.25) is 0 Å². The van der Waals surface area contributed by atoms with E-state index in [-0.39, 0.29) is 11.3 Å². The standard InChI is InChI=1S/C15H19N3O3/c1-9-6-7-11(8-16-9)13(19)20-10(2)12-17-14(18-21-12)15(3,4)5/h6-8,10H,1-5H3/t10-/m1/s1. The Labute approximate surface area is 123 Å². The minimum absolute atomic E-state index is 0.216. The second-order valence-electron chi connectivity index (χ2n) is 5.94. The highest BCUT2D eigenvalue weighted by atomic mass is 16.6. The summed E-state index contributed by atoms with van der Waals surface area (Å²) in [5.74, 6) is 0.399. The van der Waals surface area contributed by atoms with E-state index in [0.717, 1.165) is 5.69 Å². The topological polar surface area (TPSA) is 78.1 Å². The number of rotatable bonds is 3. The first kappa shape index (κ1) is 15.2. The lowest BCUT2D eigenvalue weighted by molar-refractivity contribution is 0.0265. The minimum Gasteiger partial charge on any atom is -0.449 e. The summed E-state index contributed by atoms with van der Waals surface area (Å²) in [6.45, 7) is 9.49. The van der Waals surface area contributed by atoms with Gasteiger partial charge in [0.1, 0.15) is 0 Å². The molecule has 0 unspecified atom stereocenters. The maximum Gasteiger partial charge on any atom is 0.340 e. The number of carbonyl (C=O) groups excluding carboxylic acids is 1. The summed E-state index contributed by atoms with van der Waals surface area (Å²) in [7, 11) is 0. The molecular weight excluding hydrogens is 270 g/mol. The number of ether oxygens (including phenoxy) is 1. The van der Waals surface area contributed by atoms with Crippen molar-refractivity contribution < 1.29 is 14.1 Å². The average Bonchev–Trinajstić information content (AvgIpc) is 2.88. The van der Waals surface area contributed by atoms with Gasteiger partial charge >= 0.3 is 5.97 Å². The van der Waals surface area contributed by atoms with E-state index in [9.17, 15) is 4.79 Å². The molecule has 2 aromatic rings. The lowest BCUT2D eigenvalue weighted by atomic mass is 9.96.